The first-order valence-corrected chi connectivity index (χ1v) is 11.5. The number of H-pyrrole nitrogens is 1. The van der Waals surface area contributed by atoms with Gasteiger partial charge >= 0.3 is 5.97 Å². The molecule has 4 N–H and O–H groups in total. The summed E-state index contributed by atoms with van der Waals surface area (Å²) >= 11 is 1.19. The number of piperidine rings is 1. The minimum atomic E-state index is -1.52. The summed E-state index contributed by atoms with van der Waals surface area (Å²) in [5, 5.41) is 23.3. The first-order chi connectivity index (χ1) is 15.9. The molecular formula is C23H24N4O5S. The van der Waals surface area contributed by atoms with Gasteiger partial charge in [-0.25, -0.2) is 9.78 Å². The number of aromatic amines is 1. The van der Waals surface area contributed by atoms with Crippen LogP contribution in [-0.2, 0) is 11.2 Å². The number of thiophene rings is 1. The second-order valence-electron chi connectivity index (χ2n) is 8.04. The van der Waals surface area contributed by atoms with Crippen LogP contribution in [0.2, 0.25) is 0 Å². The number of likely N-dealkylation sites (tertiary alicyclic amines) is 1. The fourth-order valence-electron chi connectivity index (χ4n) is 4.00. The van der Waals surface area contributed by atoms with Gasteiger partial charge in [0.2, 0.25) is 11.7 Å². The van der Waals surface area contributed by atoms with Gasteiger partial charge in [-0.1, -0.05) is 30.3 Å². The average molecular weight is 469 g/mol. The van der Waals surface area contributed by atoms with E-state index < -0.39 is 23.0 Å². The lowest BCUT2D eigenvalue weighted by Gasteiger charge is -2.31. The molecular weight excluding hydrogens is 444 g/mol. The highest BCUT2D eigenvalue weighted by Crippen LogP contribution is 2.31. The number of aromatic carboxylic acids is 1. The molecule has 0 bridgehead atoms. The van der Waals surface area contributed by atoms with Gasteiger partial charge in [-0.3, -0.25) is 14.5 Å². The van der Waals surface area contributed by atoms with Gasteiger partial charge in [-0.05, 0) is 55.3 Å². The molecule has 0 radical (unpaired) electrons. The van der Waals surface area contributed by atoms with Gasteiger partial charge in [0.25, 0.3) is 5.56 Å². The molecule has 1 aromatic carbocycles. The van der Waals surface area contributed by atoms with E-state index in [9.17, 15) is 19.5 Å². The van der Waals surface area contributed by atoms with Crippen molar-refractivity contribution in [3.05, 3.63) is 63.4 Å². The predicted octanol–water partition coefficient (Wildman–Crippen LogP) is 2.80. The molecule has 0 unspecified atom stereocenters. The van der Waals surface area contributed by atoms with E-state index in [4.69, 9.17) is 5.11 Å². The number of amides is 1. The van der Waals surface area contributed by atoms with Crippen molar-refractivity contribution in [3.63, 3.8) is 0 Å². The van der Waals surface area contributed by atoms with Gasteiger partial charge in [0.1, 0.15) is 0 Å². The molecule has 0 saturated carbocycles. The van der Waals surface area contributed by atoms with Gasteiger partial charge in [0, 0.05) is 0 Å². The second kappa shape index (κ2) is 9.97. The predicted molar refractivity (Wildman–Crippen MR) is 125 cm³/mol. The van der Waals surface area contributed by atoms with Crippen LogP contribution in [0.4, 0.5) is 5.69 Å². The van der Waals surface area contributed by atoms with Gasteiger partial charge in [0.05, 0.1) is 17.1 Å². The molecule has 2 aromatic heterocycles. The zero-order valence-corrected chi connectivity index (χ0v) is 18.6. The molecule has 9 nitrogen and oxygen atoms in total. The fraction of sp³-hybridized carbons (Fsp3) is 0.304. The van der Waals surface area contributed by atoms with Crippen LogP contribution < -0.4 is 10.9 Å². The largest absolute Gasteiger partial charge is 0.501 e. The highest BCUT2D eigenvalue weighted by molar-refractivity contribution is 7.14. The van der Waals surface area contributed by atoms with E-state index >= 15 is 0 Å². The van der Waals surface area contributed by atoms with Crippen LogP contribution >= 0.6 is 11.3 Å². The maximum absolute atomic E-state index is 12.7. The Labute approximate surface area is 193 Å². The number of carbonyl (C=O) groups is 2. The third-order valence-electron chi connectivity index (χ3n) is 5.69. The molecule has 1 saturated heterocycles. The molecule has 172 valence electrons. The zero-order chi connectivity index (χ0) is 23.4. The molecule has 3 heterocycles. The number of carbonyl (C=O) groups excluding carboxylic acids is 1. The maximum atomic E-state index is 12.7. The van der Waals surface area contributed by atoms with Crippen LogP contribution in [0.1, 0.15) is 28.9 Å². The number of carboxylic acid groups (broad SMARTS) is 1. The first kappa shape index (κ1) is 22.7. The third-order valence-corrected chi connectivity index (χ3v) is 6.61. The molecule has 1 amide bonds. The Balaban J connectivity index is 1.36. The number of aromatic nitrogens is 2. The van der Waals surface area contributed by atoms with E-state index in [0.29, 0.717) is 16.5 Å². The lowest BCUT2D eigenvalue weighted by atomic mass is 9.90. The average Bonchev–Trinajstić information content (AvgIpc) is 3.25. The maximum Gasteiger partial charge on any atom is 0.358 e. The van der Waals surface area contributed by atoms with Crippen molar-refractivity contribution < 1.29 is 19.8 Å². The Hall–Kier alpha value is -3.50. The van der Waals surface area contributed by atoms with E-state index in [2.05, 4.69) is 44.5 Å². The van der Waals surface area contributed by atoms with Crippen molar-refractivity contribution in [2.24, 2.45) is 5.92 Å². The molecule has 0 atom stereocenters. The Morgan fingerprint density at radius 1 is 1.18 bits per heavy atom. The minimum Gasteiger partial charge on any atom is -0.501 e. The monoisotopic (exact) mass is 468 g/mol. The number of anilines is 1. The van der Waals surface area contributed by atoms with Gasteiger partial charge < -0.3 is 20.5 Å². The molecule has 33 heavy (non-hydrogen) atoms. The highest BCUT2D eigenvalue weighted by atomic mass is 32.1. The van der Waals surface area contributed by atoms with E-state index in [1.165, 1.54) is 16.9 Å². The molecule has 3 aromatic rings. The molecule has 1 fully saturated rings. The Kier molecular flexibility index (Phi) is 6.85. The highest BCUT2D eigenvalue weighted by Gasteiger charge is 2.23. The summed E-state index contributed by atoms with van der Waals surface area (Å²) in [7, 11) is 0. The molecule has 1 aliphatic rings. The number of nitrogens with zero attached hydrogens (tertiary/aromatic N) is 2. The number of rotatable bonds is 7. The lowest BCUT2D eigenvalue weighted by Crippen LogP contribution is -2.39. The van der Waals surface area contributed by atoms with Crippen LogP contribution in [0.15, 0.2) is 46.6 Å². The topological polar surface area (TPSA) is 136 Å². The standard InChI is InChI=1S/C23H24N4O5S/c28-17(13-27-9-6-15(7-10-27)12-14-4-2-1-3-5-14)24-16-8-11-33-20(16)21-25-18(23(31)32)19(29)22(30)26-21/h1-5,8,11,15,29H,6-7,9-10,12-13H2,(H,24,28)(H,31,32)(H,25,26,30). The Morgan fingerprint density at radius 2 is 1.91 bits per heavy atom. The summed E-state index contributed by atoms with van der Waals surface area (Å²) in [5.74, 6) is -2.09. The normalized spacial score (nSPS) is 14.8. The molecule has 0 spiro atoms. The number of hydrogen-bond donors (Lipinski definition) is 4. The lowest BCUT2D eigenvalue weighted by molar-refractivity contribution is -0.117. The first-order valence-electron chi connectivity index (χ1n) is 10.6. The number of benzene rings is 1. The van der Waals surface area contributed by atoms with Crippen molar-refractivity contribution in [2.75, 3.05) is 25.0 Å². The summed E-state index contributed by atoms with van der Waals surface area (Å²) < 4.78 is 0. The van der Waals surface area contributed by atoms with Crippen molar-refractivity contribution in [2.45, 2.75) is 19.3 Å². The van der Waals surface area contributed by atoms with Crippen molar-refractivity contribution in [1.82, 2.24) is 14.9 Å². The van der Waals surface area contributed by atoms with Crippen LogP contribution in [0.3, 0.4) is 0 Å². The van der Waals surface area contributed by atoms with Crippen LogP contribution in [0, 0.1) is 5.92 Å². The Morgan fingerprint density at radius 3 is 2.61 bits per heavy atom. The van der Waals surface area contributed by atoms with Gasteiger partial charge in [-0.2, -0.15) is 0 Å². The number of aromatic hydroxyl groups is 1. The summed E-state index contributed by atoms with van der Waals surface area (Å²) in [4.78, 5) is 44.5. The van der Waals surface area contributed by atoms with Crippen LogP contribution in [0.25, 0.3) is 10.7 Å². The molecule has 0 aliphatic carbocycles. The molecule has 4 rings (SSSR count). The van der Waals surface area contributed by atoms with Crippen molar-refractivity contribution in [3.8, 4) is 16.5 Å². The number of carboxylic acids is 1. The fourth-order valence-corrected chi connectivity index (χ4v) is 4.80. The SMILES string of the molecule is O=C(CN1CCC(Cc2ccccc2)CC1)Nc1ccsc1-c1nc(C(=O)O)c(O)c(=O)[nH]1. The van der Waals surface area contributed by atoms with Crippen molar-refractivity contribution in [1.29, 1.82) is 0 Å². The quantitative estimate of drug-likeness (QED) is 0.419. The summed E-state index contributed by atoms with van der Waals surface area (Å²) in [6.07, 6.45) is 3.11. The van der Waals surface area contributed by atoms with Crippen LogP contribution in [-0.4, -0.2) is 56.6 Å². The zero-order valence-electron chi connectivity index (χ0n) is 17.8. The van der Waals surface area contributed by atoms with Gasteiger partial charge in [0.15, 0.2) is 11.5 Å². The molecule has 10 heteroatoms. The minimum absolute atomic E-state index is 0.0257. The van der Waals surface area contributed by atoms with Crippen molar-refractivity contribution >= 4 is 28.9 Å². The van der Waals surface area contributed by atoms with E-state index in [1.807, 2.05) is 6.07 Å². The van der Waals surface area contributed by atoms with E-state index in [1.54, 1.807) is 11.4 Å². The Bertz CT molecular complexity index is 1200. The van der Waals surface area contributed by atoms with E-state index in [0.717, 1.165) is 32.4 Å². The molecule has 1 aliphatic heterocycles. The number of nitrogens with one attached hydrogen (secondary N) is 2. The van der Waals surface area contributed by atoms with E-state index in [-0.39, 0.29) is 18.3 Å². The van der Waals surface area contributed by atoms with Gasteiger partial charge in [-0.15, -0.1) is 11.3 Å². The van der Waals surface area contributed by atoms with Crippen LogP contribution in [0.5, 0.6) is 5.75 Å². The number of hydrogen-bond acceptors (Lipinski definition) is 7. The second-order valence-corrected chi connectivity index (χ2v) is 8.95. The summed E-state index contributed by atoms with van der Waals surface area (Å²) in [6.45, 7) is 1.93. The summed E-state index contributed by atoms with van der Waals surface area (Å²) in [6, 6.07) is 12.1. The third kappa shape index (κ3) is 5.47. The summed E-state index contributed by atoms with van der Waals surface area (Å²) in [5.41, 5.74) is 0.0685. The smallest absolute Gasteiger partial charge is 0.358 e.